The SMILES string of the molecule is CCc1ccc(CC)c(NC(=O)N(CCCCO)C2CC2)c1. The molecule has 1 aromatic carbocycles. The Balaban J connectivity index is 2.05. The van der Waals surface area contributed by atoms with Gasteiger partial charge in [-0.3, -0.25) is 0 Å². The summed E-state index contributed by atoms with van der Waals surface area (Å²) in [6.07, 6.45) is 5.69. The van der Waals surface area contributed by atoms with E-state index in [1.54, 1.807) is 0 Å². The molecule has 1 fully saturated rings. The van der Waals surface area contributed by atoms with Gasteiger partial charge < -0.3 is 15.3 Å². The molecule has 0 aromatic heterocycles. The van der Waals surface area contributed by atoms with E-state index in [0.29, 0.717) is 6.04 Å². The van der Waals surface area contributed by atoms with Crippen LogP contribution in [0.1, 0.15) is 50.7 Å². The Morgan fingerprint density at radius 2 is 2.05 bits per heavy atom. The summed E-state index contributed by atoms with van der Waals surface area (Å²) < 4.78 is 0. The average molecular weight is 304 g/mol. The highest BCUT2D eigenvalue weighted by Gasteiger charge is 2.32. The second-order valence-corrected chi connectivity index (χ2v) is 5.98. The van der Waals surface area contributed by atoms with E-state index in [2.05, 4.69) is 37.4 Å². The molecule has 1 aliphatic carbocycles. The van der Waals surface area contributed by atoms with Gasteiger partial charge in [0.1, 0.15) is 0 Å². The van der Waals surface area contributed by atoms with Crippen molar-refractivity contribution in [1.82, 2.24) is 4.90 Å². The number of hydrogen-bond acceptors (Lipinski definition) is 2. The van der Waals surface area contributed by atoms with Crippen LogP contribution in [-0.2, 0) is 12.8 Å². The summed E-state index contributed by atoms with van der Waals surface area (Å²) in [5.74, 6) is 0. The third-order valence-electron chi connectivity index (χ3n) is 4.26. The second kappa shape index (κ2) is 8.18. The predicted octanol–water partition coefficient (Wildman–Crippen LogP) is 3.58. The van der Waals surface area contributed by atoms with Crippen LogP contribution in [0.4, 0.5) is 10.5 Å². The largest absolute Gasteiger partial charge is 0.396 e. The lowest BCUT2D eigenvalue weighted by Crippen LogP contribution is -2.37. The van der Waals surface area contributed by atoms with E-state index < -0.39 is 0 Å². The summed E-state index contributed by atoms with van der Waals surface area (Å²) in [6, 6.07) is 6.73. The third-order valence-corrected chi connectivity index (χ3v) is 4.26. The molecule has 1 aliphatic rings. The first kappa shape index (κ1) is 16.8. The van der Waals surface area contributed by atoms with E-state index >= 15 is 0 Å². The maximum absolute atomic E-state index is 12.6. The molecule has 1 saturated carbocycles. The number of benzene rings is 1. The van der Waals surface area contributed by atoms with Gasteiger partial charge in [-0.05, 0) is 55.7 Å². The van der Waals surface area contributed by atoms with Crippen LogP contribution in [0.5, 0.6) is 0 Å². The summed E-state index contributed by atoms with van der Waals surface area (Å²) >= 11 is 0. The fourth-order valence-electron chi connectivity index (χ4n) is 2.69. The van der Waals surface area contributed by atoms with Crippen LogP contribution in [0.2, 0.25) is 0 Å². The number of carbonyl (C=O) groups excluding carboxylic acids is 1. The van der Waals surface area contributed by atoms with Gasteiger partial charge in [0.2, 0.25) is 0 Å². The van der Waals surface area contributed by atoms with Crippen molar-refractivity contribution in [3.63, 3.8) is 0 Å². The van der Waals surface area contributed by atoms with E-state index in [1.165, 1.54) is 11.1 Å². The number of amides is 2. The number of carbonyl (C=O) groups is 1. The van der Waals surface area contributed by atoms with Gasteiger partial charge in [-0.25, -0.2) is 4.79 Å². The minimum atomic E-state index is 0.00314. The van der Waals surface area contributed by atoms with Crippen LogP contribution < -0.4 is 5.32 Å². The van der Waals surface area contributed by atoms with E-state index in [4.69, 9.17) is 5.11 Å². The van der Waals surface area contributed by atoms with Crippen molar-refractivity contribution in [2.45, 2.75) is 58.4 Å². The Hall–Kier alpha value is -1.55. The Morgan fingerprint density at radius 3 is 2.64 bits per heavy atom. The topological polar surface area (TPSA) is 52.6 Å². The van der Waals surface area contributed by atoms with Crippen LogP contribution in [0.15, 0.2) is 18.2 Å². The van der Waals surface area contributed by atoms with Crippen molar-refractivity contribution in [3.05, 3.63) is 29.3 Å². The van der Waals surface area contributed by atoms with Gasteiger partial charge in [0.15, 0.2) is 0 Å². The zero-order valence-corrected chi connectivity index (χ0v) is 13.8. The highest BCUT2D eigenvalue weighted by atomic mass is 16.3. The van der Waals surface area contributed by atoms with Gasteiger partial charge >= 0.3 is 6.03 Å². The number of nitrogens with zero attached hydrogens (tertiary/aromatic N) is 1. The van der Waals surface area contributed by atoms with Crippen LogP contribution in [0.25, 0.3) is 0 Å². The van der Waals surface area contributed by atoms with Gasteiger partial charge in [0.25, 0.3) is 0 Å². The number of aliphatic hydroxyl groups is 1. The quantitative estimate of drug-likeness (QED) is 0.721. The smallest absolute Gasteiger partial charge is 0.322 e. The molecule has 0 radical (unpaired) electrons. The number of hydrogen-bond donors (Lipinski definition) is 2. The number of anilines is 1. The maximum Gasteiger partial charge on any atom is 0.322 e. The molecule has 0 heterocycles. The molecule has 0 atom stereocenters. The van der Waals surface area contributed by atoms with Gasteiger partial charge in [0.05, 0.1) is 0 Å². The third kappa shape index (κ3) is 4.47. The summed E-state index contributed by atoms with van der Waals surface area (Å²) in [5, 5.41) is 12.0. The number of nitrogens with one attached hydrogen (secondary N) is 1. The molecule has 4 nitrogen and oxygen atoms in total. The van der Waals surface area contributed by atoms with Crippen LogP contribution in [0.3, 0.4) is 0 Å². The minimum absolute atomic E-state index is 0.00314. The molecule has 2 rings (SSSR count). The Labute approximate surface area is 133 Å². The maximum atomic E-state index is 12.6. The van der Waals surface area contributed by atoms with Crippen molar-refractivity contribution in [3.8, 4) is 0 Å². The zero-order chi connectivity index (χ0) is 15.9. The molecule has 22 heavy (non-hydrogen) atoms. The van der Waals surface area contributed by atoms with Gasteiger partial charge in [-0.15, -0.1) is 0 Å². The van der Waals surface area contributed by atoms with Crippen molar-refractivity contribution in [1.29, 1.82) is 0 Å². The lowest BCUT2D eigenvalue weighted by atomic mass is 10.1. The first-order valence-corrected chi connectivity index (χ1v) is 8.49. The van der Waals surface area contributed by atoms with Crippen molar-refractivity contribution >= 4 is 11.7 Å². The molecule has 2 N–H and O–H groups in total. The molecule has 2 amide bonds. The molecule has 0 saturated heterocycles. The zero-order valence-electron chi connectivity index (χ0n) is 13.8. The number of rotatable bonds is 8. The summed E-state index contributed by atoms with van der Waals surface area (Å²) in [4.78, 5) is 14.5. The molecule has 0 unspecified atom stereocenters. The Kier molecular flexibility index (Phi) is 6.25. The van der Waals surface area contributed by atoms with E-state index in [9.17, 15) is 4.79 Å². The standard InChI is InChI=1S/C18H28N2O2/c1-3-14-7-8-15(4-2)17(13-14)19-18(22)20(16-9-10-16)11-5-6-12-21/h7-8,13,16,21H,3-6,9-12H2,1-2H3,(H,19,22). The van der Waals surface area contributed by atoms with Gasteiger partial charge in [-0.1, -0.05) is 26.0 Å². The molecule has 0 bridgehead atoms. The average Bonchev–Trinajstić information content (AvgIpc) is 3.36. The summed E-state index contributed by atoms with van der Waals surface area (Å²) in [5.41, 5.74) is 3.36. The molecule has 122 valence electrons. The van der Waals surface area contributed by atoms with Crippen LogP contribution >= 0.6 is 0 Å². The highest BCUT2D eigenvalue weighted by molar-refractivity contribution is 5.90. The lowest BCUT2D eigenvalue weighted by molar-refractivity contribution is 0.204. The fraction of sp³-hybridized carbons (Fsp3) is 0.611. The molecule has 0 spiro atoms. The summed E-state index contributed by atoms with van der Waals surface area (Å²) in [7, 11) is 0. The van der Waals surface area contributed by atoms with Crippen LogP contribution in [-0.4, -0.2) is 35.2 Å². The fourth-order valence-corrected chi connectivity index (χ4v) is 2.69. The van der Waals surface area contributed by atoms with Crippen LogP contribution in [0, 0.1) is 0 Å². The highest BCUT2D eigenvalue weighted by Crippen LogP contribution is 2.28. The Morgan fingerprint density at radius 1 is 1.27 bits per heavy atom. The van der Waals surface area contributed by atoms with Gasteiger partial charge in [0, 0.05) is 24.9 Å². The molecule has 4 heteroatoms. The molecular formula is C18H28N2O2. The normalized spacial score (nSPS) is 14.0. The van der Waals surface area contributed by atoms with Crippen molar-refractivity contribution < 1.29 is 9.90 Å². The number of urea groups is 1. The summed E-state index contributed by atoms with van der Waals surface area (Å²) in [6.45, 7) is 5.15. The predicted molar refractivity (Wildman–Crippen MR) is 90.3 cm³/mol. The molecule has 0 aliphatic heterocycles. The number of aliphatic hydroxyl groups excluding tert-OH is 1. The molecule has 1 aromatic rings. The van der Waals surface area contributed by atoms with Gasteiger partial charge in [-0.2, -0.15) is 0 Å². The first-order valence-electron chi connectivity index (χ1n) is 8.49. The van der Waals surface area contributed by atoms with E-state index in [0.717, 1.165) is 50.8 Å². The van der Waals surface area contributed by atoms with Crippen molar-refractivity contribution in [2.75, 3.05) is 18.5 Å². The number of unbranched alkanes of at least 4 members (excludes halogenated alkanes) is 1. The lowest BCUT2D eigenvalue weighted by Gasteiger charge is -2.23. The monoisotopic (exact) mass is 304 g/mol. The van der Waals surface area contributed by atoms with E-state index in [1.807, 2.05) is 4.90 Å². The minimum Gasteiger partial charge on any atom is -0.396 e. The van der Waals surface area contributed by atoms with E-state index in [-0.39, 0.29) is 12.6 Å². The molecular weight excluding hydrogens is 276 g/mol. The number of aryl methyl sites for hydroxylation is 2. The van der Waals surface area contributed by atoms with Crippen molar-refractivity contribution in [2.24, 2.45) is 0 Å². The Bertz CT molecular complexity index is 498. The first-order chi connectivity index (χ1) is 10.7. The second-order valence-electron chi connectivity index (χ2n) is 5.98.